The maximum atomic E-state index is 12.8. The largest absolute Gasteiger partial charge is 0.348 e. The lowest BCUT2D eigenvalue weighted by Crippen LogP contribution is -2.26. The van der Waals surface area contributed by atoms with Gasteiger partial charge in [0.2, 0.25) is 0 Å². The van der Waals surface area contributed by atoms with Crippen LogP contribution < -0.4 is 10.9 Å². The van der Waals surface area contributed by atoms with E-state index in [1.165, 1.54) is 11.3 Å². The molecule has 0 bridgehead atoms. The SMILES string of the molecule is CCCn1ccc2sc(C)c(C(=O)NCc3cccc(C)c3)c2c1=O. The van der Waals surface area contributed by atoms with E-state index in [-0.39, 0.29) is 11.5 Å². The lowest BCUT2D eigenvalue weighted by molar-refractivity contribution is 0.0952. The Bertz CT molecular complexity index is 985. The molecule has 3 aromatic rings. The smallest absolute Gasteiger partial charge is 0.260 e. The highest BCUT2D eigenvalue weighted by atomic mass is 32.1. The van der Waals surface area contributed by atoms with Crippen molar-refractivity contribution in [3.8, 4) is 0 Å². The number of aryl methyl sites for hydroxylation is 3. The second-order valence-electron chi connectivity index (χ2n) is 6.26. The number of fused-ring (bicyclic) bond motifs is 1. The first-order chi connectivity index (χ1) is 12.0. The molecule has 1 N–H and O–H groups in total. The number of carbonyl (C=O) groups is 1. The molecule has 1 amide bonds. The number of hydrogen-bond donors (Lipinski definition) is 1. The van der Waals surface area contributed by atoms with Crippen LogP contribution in [0.2, 0.25) is 0 Å². The van der Waals surface area contributed by atoms with E-state index in [1.807, 2.05) is 57.3 Å². The monoisotopic (exact) mass is 354 g/mol. The van der Waals surface area contributed by atoms with Crippen molar-refractivity contribution in [1.82, 2.24) is 9.88 Å². The first-order valence-corrected chi connectivity index (χ1v) is 9.29. The summed E-state index contributed by atoms with van der Waals surface area (Å²) in [5, 5.41) is 3.50. The minimum absolute atomic E-state index is 0.0793. The Morgan fingerprint density at radius 1 is 1.24 bits per heavy atom. The molecule has 0 fully saturated rings. The van der Waals surface area contributed by atoms with Gasteiger partial charge < -0.3 is 9.88 Å². The molecule has 1 aromatic carbocycles. The number of rotatable bonds is 5. The molecule has 0 unspecified atom stereocenters. The van der Waals surface area contributed by atoms with Crippen LogP contribution in [0.1, 0.15) is 39.7 Å². The van der Waals surface area contributed by atoms with Gasteiger partial charge in [-0.2, -0.15) is 0 Å². The van der Waals surface area contributed by atoms with Crippen LogP contribution in [0.4, 0.5) is 0 Å². The van der Waals surface area contributed by atoms with E-state index in [9.17, 15) is 9.59 Å². The summed E-state index contributed by atoms with van der Waals surface area (Å²) in [6, 6.07) is 9.97. The third-order valence-corrected chi connectivity index (χ3v) is 5.29. The lowest BCUT2D eigenvalue weighted by atomic mass is 10.1. The molecule has 130 valence electrons. The molecule has 3 rings (SSSR count). The maximum absolute atomic E-state index is 12.8. The predicted octanol–water partition coefficient (Wildman–Crippen LogP) is 4.02. The molecule has 0 aliphatic carbocycles. The van der Waals surface area contributed by atoms with E-state index in [4.69, 9.17) is 0 Å². The Morgan fingerprint density at radius 3 is 2.76 bits per heavy atom. The normalized spacial score (nSPS) is 11.0. The van der Waals surface area contributed by atoms with Crippen LogP contribution >= 0.6 is 11.3 Å². The molecule has 0 saturated heterocycles. The van der Waals surface area contributed by atoms with Gasteiger partial charge in [-0.05, 0) is 31.9 Å². The highest BCUT2D eigenvalue weighted by Gasteiger charge is 2.19. The fourth-order valence-electron chi connectivity index (χ4n) is 3.05. The molecule has 2 aromatic heterocycles. The van der Waals surface area contributed by atoms with Crippen molar-refractivity contribution in [2.75, 3.05) is 0 Å². The number of aromatic nitrogens is 1. The van der Waals surface area contributed by atoms with Crippen LogP contribution in [0.5, 0.6) is 0 Å². The molecular formula is C20H22N2O2S. The summed E-state index contributed by atoms with van der Waals surface area (Å²) in [4.78, 5) is 26.4. The van der Waals surface area contributed by atoms with E-state index in [0.29, 0.717) is 24.0 Å². The van der Waals surface area contributed by atoms with Crippen molar-refractivity contribution in [2.45, 2.75) is 40.3 Å². The number of nitrogens with zero attached hydrogens (tertiary/aromatic N) is 1. The standard InChI is InChI=1S/C20H22N2O2S/c1-4-9-22-10-8-16-18(20(22)24)17(14(3)25-16)19(23)21-12-15-7-5-6-13(2)11-15/h5-8,10-11H,4,9,12H2,1-3H3,(H,21,23). The Labute approximate surface area is 151 Å². The zero-order valence-electron chi connectivity index (χ0n) is 14.8. The van der Waals surface area contributed by atoms with Crippen LogP contribution in [0, 0.1) is 13.8 Å². The third kappa shape index (κ3) is 3.51. The molecule has 5 heteroatoms. The van der Waals surface area contributed by atoms with Gasteiger partial charge in [-0.15, -0.1) is 11.3 Å². The number of hydrogen-bond acceptors (Lipinski definition) is 3. The molecule has 0 saturated carbocycles. The number of benzene rings is 1. The Hall–Kier alpha value is -2.40. The first kappa shape index (κ1) is 17.4. The van der Waals surface area contributed by atoms with E-state index >= 15 is 0 Å². The molecule has 0 aliphatic heterocycles. The topological polar surface area (TPSA) is 51.1 Å². The molecule has 0 spiro atoms. The summed E-state index contributed by atoms with van der Waals surface area (Å²) in [6.45, 7) is 7.07. The molecule has 0 atom stereocenters. The summed E-state index contributed by atoms with van der Waals surface area (Å²) in [5.74, 6) is -0.184. The molecule has 0 aliphatic rings. The van der Waals surface area contributed by atoms with Crippen molar-refractivity contribution < 1.29 is 4.79 Å². The average molecular weight is 354 g/mol. The number of nitrogens with one attached hydrogen (secondary N) is 1. The molecule has 0 radical (unpaired) electrons. The zero-order valence-corrected chi connectivity index (χ0v) is 15.6. The lowest BCUT2D eigenvalue weighted by Gasteiger charge is -2.08. The number of pyridine rings is 1. The summed E-state index contributed by atoms with van der Waals surface area (Å²) in [7, 11) is 0. The van der Waals surface area contributed by atoms with Crippen LogP contribution in [-0.2, 0) is 13.1 Å². The quantitative estimate of drug-likeness (QED) is 0.752. The Balaban J connectivity index is 1.94. The number of carbonyl (C=O) groups excluding carboxylic acids is 1. The van der Waals surface area contributed by atoms with Gasteiger partial charge in [0.1, 0.15) is 0 Å². The van der Waals surface area contributed by atoms with Crippen LogP contribution in [0.15, 0.2) is 41.3 Å². The second kappa shape index (κ2) is 7.23. The highest BCUT2D eigenvalue weighted by Crippen LogP contribution is 2.28. The van der Waals surface area contributed by atoms with E-state index in [2.05, 4.69) is 5.32 Å². The molecule has 2 heterocycles. The Kier molecular flexibility index (Phi) is 5.04. The van der Waals surface area contributed by atoms with Crippen molar-refractivity contribution in [3.05, 3.63) is 68.4 Å². The number of amides is 1. The van der Waals surface area contributed by atoms with Gasteiger partial charge in [0.25, 0.3) is 11.5 Å². The van der Waals surface area contributed by atoms with Gasteiger partial charge in [0.05, 0.1) is 10.9 Å². The minimum atomic E-state index is -0.184. The van der Waals surface area contributed by atoms with Crippen molar-refractivity contribution in [3.63, 3.8) is 0 Å². The van der Waals surface area contributed by atoms with Gasteiger partial charge in [-0.3, -0.25) is 9.59 Å². The zero-order chi connectivity index (χ0) is 18.0. The molecule has 25 heavy (non-hydrogen) atoms. The van der Waals surface area contributed by atoms with Crippen molar-refractivity contribution >= 4 is 27.3 Å². The van der Waals surface area contributed by atoms with E-state index < -0.39 is 0 Å². The second-order valence-corrected chi connectivity index (χ2v) is 7.51. The molecular weight excluding hydrogens is 332 g/mol. The average Bonchev–Trinajstić information content (AvgIpc) is 2.92. The summed E-state index contributed by atoms with van der Waals surface area (Å²) in [5.41, 5.74) is 2.65. The van der Waals surface area contributed by atoms with Gasteiger partial charge in [0.15, 0.2) is 0 Å². The first-order valence-electron chi connectivity index (χ1n) is 8.47. The van der Waals surface area contributed by atoms with Gasteiger partial charge >= 0.3 is 0 Å². The third-order valence-electron chi connectivity index (χ3n) is 4.22. The highest BCUT2D eigenvalue weighted by molar-refractivity contribution is 7.19. The summed E-state index contributed by atoms with van der Waals surface area (Å²) < 4.78 is 2.56. The maximum Gasteiger partial charge on any atom is 0.260 e. The number of thiophene rings is 1. The minimum Gasteiger partial charge on any atom is -0.348 e. The molecule has 4 nitrogen and oxygen atoms in total. The van der Waals surface area contributed by atoms with Crippen LogP contribution in [0.3, 0.4) is 0 Å². The van der Waals surface area contributed by atoms with Gasteiger partial charge in [-0.25, -0.2) is 0 Å². The Morgan fingerprint density at radius 2 is 2.04 bits per heavy atom. The van der Waals surface area contributed by atoms with Gasteiger partial charge in [0, 0.05) is 28.9 Å². The van der Waals surface area contributed by atoms with E-state index in [0.717, 1.165) is 27.1 Å². The van der Waals surface area contributed by atoms with E-state index in [1.54, 1.807) is 4.57 Å². The fourth-order valence-corrected chi connectivity index (χ4v) is 4.10. The predicted molar refractivity (Wildman–Crippen MR) is 103 cm³/mol. The summed E-state index contributed by atoms with van der Waals surface area (Å²) in [6.07, 6.45) is 2.70. The van der Waals surface area contributed by atoms with Crippen molar-refractivity contribution in [1.29, 1.82) is 0 Å². The van der Waals surface area contributed by atoms with Crippen molar-refractivity contribution in [2.24, 2.45) is 0 Å². The van der Waals surface area contributed by atoms with Crippen LogP contribution in [-0.4, -0.2) is 10.5 Å². The fraction of sp³-hybridized carbons (Fsp3) is 0.300. The summed E-state index contributed by atoms with van der Waals surface area (Å²) >= 11 is 1.50. The van der Waals surface area contributed by atoms with Gasteiger partial charge in [-0.1, -0.05) is 36.8 Å². The van der Waals surface area contributed by atoms with Crippen LogP contribution in [0.25, 0.3) is 10.1 Å².